The monoisotopic (exact) mass is 372 g/mol. The topological polar surface area (TPSA) is 74.8 Å². The van der Waals surface area contributed by atoms with E-state index in [2.05, 4.69) is 0 Å². The quantitative estimate of drug-likeness (QED) is 0.804. The molecule has 1 aliphatic heterocycles. The van der Waals surface area contributed by atoms with E-state index in [1.165, 1.54) is 8.61 Å². The Morgan fingerprint density at radius 1 is 0.917 bits per heavy atom. The van der Waals surface area contributed by atoms with Crippen LogP contribution in [0.3, 0.4) is 0 Å². The fourth-order valence-corrected chi connectivity index (χ4v) is 7.04. The Morgan fingerprint density at radius 2 is 1.50 bits per heavy atom. The maximum absolute atomic E-state index is 12.7. The summed E-state index contributed by atoms with van der Waals surface area (Å²) >= 11 is 0. The minimum absolute atomic E-state index is 0.211. The lowest BCUT2D eigenvalue weighted by Crippen LogP contribution is -2.52. The standard InChI is InChI=1S/C16H24N2O4S2/c1-14-5-4-8-16(13-14)24(21,22)18-11-9-17(10-12-18)23(19,20)15-6-2-3-7-15/h4-5,8,13,15H,2-3,6-7,9-12H2,1H3. The summed E-state index contributed by atoms with van der Waals surface area (Å²) in [4.78, 5) is 0.273. The first-order valence-corrected chi connectivity index (χ1v) is 11.3. The van der Waals surface area contributed by atoms with Gasteiger partial charge in [0.05, 0.1) is 10.1 Å². The van der Waals surface area contributed by atoms with Gasteiger partial charge in [0.2, 0.25) is 20.0 Å². The van der Waals surface area contributed by atoms with Gasteiger partial charge in [0.15, 0.2) is 0 Å². The van der Waals surface area contributed by atoms with Crippen molar-refractivity contribution in [3.8, 4) is 0 Å². The summed E-state index contributed by atoms with van der Waals surface area (Å²) in [5.74, 6) is 0. The minimum atomic E-state index is -3.56. The highest BCUT2D eigenvalue weighted by atomic mass is 32.2. The van der Waals surface area contributed by atoms with E-state index in [1.54, 1.807) is 18.2 Å². The summed E-state index contributed by atoms with van der Waals surface area (Å²) in [7, 11) is -6.85. The van der Waals surface area contributed by atoms with Crippen molar-refractivity contribution in [3.63, 3.8) is 0 Å². The molecule has 8 heteroatoms. The van der Waals surface area contributed by atoms with Crippen molar-refractivity contribution in [1.29, 1.82) is 0 Å². The first-order valence-electron chi connectivity index (χ1n) is 8.37. The predicted molar refractivity (Wildman–Crippen MR) is 92.7 cm³/mol. The number of benzene rings is 1. The van der Waals surface area contributed by atoms with Gasteiger partial charge in [-0.2, -0.15) is 8.61 Å². The molecule has 3 rings (SSSR count). The Bertz CT molecular complexity index is 791. The van der Waals surface area contributed by atoms with Crippen molar-refractivity contribution in [1.82, 2.24) is 8.61 Å². The zero-order valence-corrected chi connectivity index (χ0v) is 15.5. The van der Waals surface area contributed by atoms with Gasteiger partial charge in [-0.05, 0) is 37.5 Å². The molecule has 0 radical (unpaired) electrons. The van der Waals surface area contributed by atoms with E-state index < -0.39 is 20.0 Å². The number of rotatable bonds is 4. The highest BCUT2D eigenvalue weighted by molar-refractivity contribution is 7.90. The molecule has 0 bridgehead atoms. The maximum atomic E-state index is 12.7. The summed E-state index contributed by atoms with van der Waals surface area (Å²) in [6.07, 6.45) is 3.38. The number of piperazine rings is 1. The molecule has 0 amide bonds. The van der Waals surface area contributed by atoms with Gasteiger partial charge in [0, 0.05) is 26.2 Å². The van der Waals surface area contributed by atoms with E-state index in [0.717, 1.165) is 31.2 Å². The Balaban J connectivity index is 1.71. The lowest BCUT2D eigenvalue weighted by Gasteiger charge is -2.34. The highest BCUT2D eigenvalue weighted by Crippen LogP contribution is 2.28. The van der Waals surface area contributed by atoms with Crippen molar-refractivity contribution in [2.45, 2.75) is 42.8 Å². The third-order valence-electron chi connectivity index (χ3n) is 4.91. The number of nitrogens with zero attached hydrogens (tertiary/aromatic N) is 2. The van der Waals surface area contributed by atoms with Gasteiger partial charge in [-0.15, -0.1) is 0 Å². The summed E-state index contributed by atoms with van der Waals surface area (Å²) in [5, 5.41) is -0.280. The van der Waals surface area contributed by atoms with Crippen LogP contribution in [0.4, 0.5) is 0 Å². The van der Waals surface area contributed by atoms with Gasteiger partial charge >= 0.3 is 0 Å². The lowest BCUT2D eigenvalue weighted by atomic mass is 10.2. The minimum Gasteiger partial charge on any atom is -0.212 e. The molecule has 24 heavy (non-hydrogen) atoms. The van der Waals surface area contributed by atoms with Crippen LogP contribution in [0.25, 0.3) is 0 Å². The van der Waals surface area contributed by atoms with Crippen LogP contribution >= 0.6 is 0 Å². The van der Waals surface area contributed by atoms with Gasteiger partial charge in [-0.3, -0.25) is 0 Å². The van der Waals surface area contributed by atoms with Gasteiger partial charge in [-0.1, -0.05) is 25.0 Å². The van der Waals surface area contributed by atoms with Crippen LogP contribution in [0, 0.1) is 6.92 Å². The van der Waals surface area contributed by atoms with Crippen LogP contribution in [-0.4, -0.2) is 56.9 Å². The molecule has 1 aromatic carbocycles. The smallest absolute Gasteiger partial charge is 0.212 e. The third-order valence-corrected chi connectivity index (χ3v) is 9.20. The third kappa shape index (κ3) is 3.37. The molecule has 1 aromatic rings. The second kappa shape index (κ2) is 6.74. The zero-order chi connectivity index (χ0) is 17.4. The van der Waals surface area contributed by atoms with E-state index in [-0.39, 0.29) is 36.3 Å². The Labute approximate surface area is 144 Å². The Morgan fingerprint density at radius 3 is 2.08 bits per heavy atom. The fraction of sp³-hybridized carbons (Fsp3) is 0.625. The molecule has 0 unspecified atom stereocenters. The van der Waals surface area contributed by atoms with Crippen molar-refractivity contribution in [3.05, 3.63) is 29.8 Å². The molecule has 0 atom stereocenters. The van der Waals surface area contributed by atoms with E-state index in [9.17, 15) is 16.8 Å². The predicted octanol–water partition coefficient (Wildman–Crippen LogP) is 1.57. The normalized spacial score (nSPS) is 22.0. The van der Waals surface area contributed by atoms with Gasteiger partial charge < -0.3 is 0 Å². The number of sulfonamides is 2. The van der Waals surface area contributed by atoms with Crippen LogP contribution in [0.2, 0.25) is 0 Å². The summed E-state index contributed by atoms with van der Waals surface area (Å²) in [6, 6.07) is 6.81. The van der Waals surface area contributed by atoms with Gasteiger partial charge in [-0.25, -0.2) is 16.8 Å². The van der Waals surface area contributed by atoms with E-state index >= 15 is 0 Å². The molecule has 1 saturated carbocycles. The SMILES string of the molecule is Cc1cccc(S(=O)(=O)N2CCN(S(=O)(=O)C3CCCC3)CC2)c1. The van der Waals surface area contributed by atoms with Crippen molar-refractivity contribution in [2.75, 3.05) is 26.2 Å². The van der Waals surface area contributed by atoms with Crippen LogP contribution in [0.1, 0.15) is 31.2 Å². The fourth-order valence-electron chi connectivity index (χ4n) is 3.49. The largest absolute Gasteiger partial charge is 0.243 e. The summed E-state index contributed by atoms with van der Waals surface area (Å²) in [6.45, 7) is 2.75. The maximum Gasteiger partial charge on any atom is 0.243 e. The molecular weight excluding hydrogens is 348 g/mol. The molecule has 134 valence electrons. The van der Waals surface area contributed by atoms with Crippen LogP contribution < -0.4 is 0 Å². The van der Waals surface area contributed by atoms with Crippen LogP contribution in [0.15, 0.2) is 29.2 Å². The van der Waals surface area contributed by atoms with Crippen molar-refractivity contribution < 1.29 is 16.8 Å². The average molecular weight is 373 g/mol. The summed E-state index contributed by atoms with van der Waals surface area (Å²) < 4.78 is 53.5. The zero-order valence-electron chi connectivity index (χ0n) is 13.9. The number of aryl methyl sites for hydroxylation is 1. The van der Waals surface area contributed by atoms with Gasteiger partial charge in [0.1, 0.15) is 0 Å². The summed E-state index contributed by atoms with van der Waals surface area (Å²) in [5.41, 5.74) is 0.888. The molecule has 2 aliphatic rings. The van der Waals surface area contributed by atoms with Crippen molar-refractivity contribution in [2.24, 2.45) is 0 Å². The molecule has 0 N–H and O–H groups in total. The first-order chi connectivity index (χ1) is 11.3. The average Bonchev–Trinajstić information content (AvgIpc) is 3.10. The number of hydrogen-bond acceptors (Lipinski definition) is 4. The van der Waals surface area contributed by atoms with E-state index in [1.807, 2.05) is 13.0 Å². The van der Waals surface area contributed by atoms with Crippen LogP contribution in [0.5, 0.6) is 0 Å². The second-order valence-corrected chi connectivity index (χ2v) is 10.7. The molecule has 2 fully saturated rings. The molecule has 0 aromatic heterocycles. The van der Waals surface area contributed by atoms with E-state index in [4.69, 9.17) is 0 Å². The molecular formula is C16H24N2O4S2. The molecule has 1 aliphatic carbocycles. The second-order valence-electron chi connectivity index (χ2n) is 6.57. The highest BCUT2D eigenvalue weighted by Gasteiger charge is 2.37. The molecule has 1 saturated heterocycles. The Kier molecular flexibility index (Phi) is 5.01. The molecule has 6 nitrogen and oxygen atoms in total. The molecule has 0 spiro atoms. The van der Waals surface area contributed by atoms with Gasteiger partial charge in [0.25, 0.3) is 0 Å². The van der Waals surface area contributed by atoms with Crippen LogP contribution in [-0.2, 0) is 20.0 Å². The lowest BCUT2D eigenvalue weighted by molar-refractivity contribution is 0.270. The number of hydrogen-bond donors (Lipinski definition) is 0. The molecule has 1 heterocycles. The first kappa shape index (κ1) is 17.8. The Hall–Kier alpha value is -0.960. The van der Waals surface area contributed by atoms with E-state index in [0.29, 0.717) is 0 Å². The van der Waals surface area contributed by atoms with Crippen molar-refractivity contribution >= 4 is 20.0 Å².